The van der Waals surface area contributed by atoms with Crippen molar-refractivity contribution in [2.24, 2.45) is 5.92 Å². The zero-order valence-corrected chi connectivity index (χ0v) is 19.7. The Hall–Kier alpha value is -4.08. The van der Waals surface area contributed by atoms with Crippen LogP contribution in [0.2, 0.25) is 0 Å². The molecule has 2 saturated heterocycles. The van der Waals surface area contributed by atoms with Gasteiger partial charge in [0.15, 0.2) is 0 Å². The molecule has 5 rings (SSSR count). The Morgan fingerprint density at radius 1 is 1.23 bits per heavy atom. The van der Waals surface area contributed by atoms with Gasteiger partial charge in [0.2, 0.25) is 0 Å². The van der Waals surface area contributed by atoms with Crippen LogP contribution in [0.1, 0.15) is 12.0 Å². The summed E-state index contributed by atoms with van der Waals surface area (Å²) in [7, 11) is 2.13. The van der Waals surface area contributed by atoms with E-state index in [4.69, 9.17) is 11.2 Å². The molecular weight excluding hydrogens is 442 g/mol. The molecule has 0 bridgehead atoms. The number of aromatic nitrogens is 3. The topological polar surface area (TPSA) is 90.0 Å². The highest BCUT2D eigenvalue weighted by Gasteiger charge is 2.23. The molecule has 0 aromatic carbocycles. The van der Waals surface area contributed by atoms with E-state index in [1.54, 1.807) is 15.6 Å². The number of nitriles is 1. The number of hydrogen-bond donors (Lipinski definition) is 0. The van der Waals surface area contributed by atoms with Crippen LogP contribution in [0.25, 0.3) is 16.6 Å². The molecule has 9 heteroatoms. The smallest absolute Gasteiger partial charge is 0.298 e. The van der Waals surface area contributed by atoms with Crippen LogP contribution < -0.4 is 9.64 Å². The van der Waals surface area contributed by atoms with Crippen molar-refractivity contribution in [3.05, 3.63) is 42.4 Å². The Kier molecular flexibility index (Phi) is 6.26. The van der Waals surface area contributed by atoms with E-state index in [0.717, 1.165) is 42.0 Å². The third-order valence-electron chi connectivity index (χ3n) is 6.71. The Morgan fingerprint density at radius 2 is 2.03 bits per heavy atom. The van der Waals surface area contributed by atoms with E-state index in [2.05, 4.69) is 38.9 Å². The zero-order valence-electron chi connectivity index (χ0n) is 19.7. The van der Waals surface area contributed by atoms with E-state index in [0.29, 0.717) is 50.0 Å². The molecule has 0 spiro atoms. The summed E-state index contributed by atoms with van der Waals surface area (Å²) in [4.78, 5) is 22.5. The first-order valence-electron chi connectivity index (χ1n) is 11.8. The van der Waals surface area contributed by atoms with Gasteiger partial charge in [-0.25, -0.2) is 9.50 Å². The molecule has 0 N–H and O–H groups in total. The van der Waals surface area contributed by atoms with Crippen molar-refractivity contribution in [1.29, 1.82) is 5.26 Å². The number of nitrogens with zero attached hydrogens (tertiary/aromatic N) is 7. The minimum Gasteiger partial charge on any atom is -0.492 e. The van der Waals surface area contributed by atoms with E-state index >= 15 is 0 Å². The number of carbonyl (C=O) groups excluding carboxylic acids is 1. The maximum absolute atomic E-state index is 11.7. The van der Waals surface area contributed by atoms with Gasteiger partial charge in [-0.2, -0.15) is 10.4 Å². The second kappa shape index (κ2) is 9.65. The molecule has 3 aromatic heterocycles. The van der Waals surface area contributed by atoms with E-state index < -0.39 is 0 Å². The van der Waals surface area contributed by atoms with Crippen molar-refractivity contribution < 1.29 is 9.53 Å². The fourth-order valence-electron chi connectivity index (χ4n) is 4.79. The monoisotopic (exact) mass is 469 g/mol. The van der Waals surface area contributed by atoms with E-state index in [1.807, 2.05) is 30.6 Å². The van der Waals surface area contributed by atoms with Crippen molar-refractivity contribution >= 4 is 17.2 Å². The first-order valence-corrected chi connectivity index (χ1v) is 11.8. The molecule has 0 atom stereocenters. The average molecular weight is 470 g/mol. The van der Waals surface area contributed by atoms with Crippen LogP contribution in [-0.2, 0) is 4.79 Å². The third kappa shape index (κ3) is 4.64. The number of anilines is 1. The van der Waals surface area contributed by atoms with Gasteiger partial charge in [0.05, 0.1) is 30.1 Å². The Labute approximate surface area is 204 Å². The van der Waals surface area contributed by atoms with Gasteiger partial charge in [0, 0.05) is 56.6 Å². The van der Waals surface area contributed by atoms with E-state index in [1.165, 1.54) is 0 Å². The molecule has 178 valence electrons. The van der Waals surface area contributed by atoms with Crippen LogP contribution in [0.4, 0.5) is 5.82 Å². The lowest BCUT2D eigenvalue weighted by atomic mass is 9.98. The molecule has 3 aromatic rings. The van der Waals surface area contributed by atoms with Gasteiger partial charge in [-0.3, -0.25) is 4.79 Å². The number of piperazine rings is 1. The fraction of sp³-hybridized carbons (Fsp3) is 0.385. The number of ether oxygens (including phenoxy) is 1. The summed E-state index contributed by atoms with van der Waals surface area (Å²) in [5.74, 6) is 4.14. The Balaban J connectivity index is 1.35. The number of fused-ring (bicyclic) bond motifs is 1. The van der Waals surface area contributed by atoms with Crippen molar-refractivity contribution in [1.82, 2.24) is 24.4 Å². The third-order valence-corrected chi connectivity index (χ3v) is 6.71. The van der Waals surface area contributed by atoms with Crippen molar-refractivity contribution in [2.75, 3.05) is 57.8 Å². The standard InChI is InChI=1S/C26H27N7O2/c1-3-25(34)32-9-7-31(8-10-32)24-5-4-20(14-28-24)23-12-22(35-11-6-19-16-30(2)17-19)18-33-26(23)21(13-27)15-29-33/h1,4-5,12,14-15,18-19H,6-11,16-17H2,2H3. The molecule has 1 amide bonds. The number of carbonyl (C=O) groups is 1. The van der Waals surface area contributed by atoms with Crippen LogP contribution in [-0.4, -0.2) is 83.2 Å². The number of likely N-dealkylation sites (tertiary alicyclic amines) is 1. The van der Waals surface area contributed by atoms with Gasteiger partial charge in [0.25, 0.3) is 5.91 Å². The maximum Gasteiger partial charge on any atom is 0.298 e. The average Bonchev–Trinajstić information content (AvgIpc) is 3.30. The van der Waals surface area contributed by atoms with Crippen LogP contribution in [0.5, 0.6) is 5.75 Å². The number of terminal acetylenes is 1. The van der Waals surface area contributed by atoms with Gasteiger partial charge >= 0.3 is 0 Å². The highest BCUT2D eigenvalue weighted by molar-refractivity contribution is 5.93. The van der Waals surface area contributed by atoms with Crippen molar-refractivity contribution in [3.8, 4) is 35.3 Å². The maximum atomic E-state index is 11.7. The van der Waals surface area contributed by atoms with Crippen LogP contribution in [0.15, 0.2) is 36.8 Å². The zero-order chi connectivity index (χ0) is 24.4. The summed E-state index contributed by atoms with van der Waals surface area (Å²) in [6.45, 7) is 5.37. The summed E-state index contributed by atoms with van der Waals surface area (Å²) < 4.78 is 7.79. The Bertz CT molecular complexity index is 1300. The summed E-state index contributed by atoms with van der Waals surface area (Å²) in [5, 5.41) is 14.0. The van der Waals surface area contributed by atoms with Gasteiger partial charge in [-0.05, 0) is 43.5 Å². The molecule has 2 aliphatic rings. The predicted octanol–water partition coefficient (Wildman–Crippen LogP) is 1.88. The van der Waals surface area contributed by atoms with Crippen LogP contribution >= 0.6 is 0 Å². The SMILES string of the molecule is C#CC(=O)N1CCN(c2ccc(-c3cc(OCCC4CN(C)C4)cn4ncc(C#N)c34)cn2)CC1. The fourth-order valence-corrected chi connectivity index (χ4v) is 4.79. The molecule has 2 fully saturated rings. The predicted molar refractivity (Wildman–Crippen MR) is 132 cm³/mol. The van der Waals surface area contributed by atoms with E-state index in [-0.39, 0.29) is 5.91 Å². The molecule has 2 aliphatic heterocycles. The highest BCUT2D eigenvalue weighted by Crippen LogP contribution is 2.31. The first-order chi connectivity index (χ1) is 17.1. The molecule has 9 nitrogen and oxygen atoms in total. The molecule has 0 unspecified atom stereocenters. The molecule has 0 saturated carbocycles. The lowest BCUT2D eigenvalue weighted by Crippen LogP contribution is -2.48. The summed E-state index contributed by atoms with van der Waals surface area (Å²) in [6.07, 6.45) is 11.5. The van der Waals surface area contributed by atoms with Gasteiger partial charge < -0.3 is 19.4 Å². The van der Waals surface area contributed by atoms with Crippen LogP contribution in [0.3, 0.4) is 0 Å². The lowest BCUT2D eigenvalue weighted by molar-refractivity contribution is -0.125. The van der Waals surface area contributed by atoms with Crippen LogP contribution in [0, 0.1) is 29.6 Å². The van der Waals surface area contributed by atoms with Gasteiger partial charge in [-0.15, -0.1) is 6.42 Å². The molecule has 0 aliphatic carbocycles. The molecule has 0 radical (unpaired) electrons. The van der Waals surface area contributed by atoms with Gasteiger partial charge in [0.1, 0.15) is 17.6 Å². The largest absolute Gasteiger partial charge is 0.492 e. The molecule has 5 heterocycles. The van der Waals surface area contributed by atoms with E-state index in [9.17, 15) is 10.1 Å². The lowest BCUT2D eigenvalue weighted by Gasteiger charge is -2.36. The van der Waals surface area contributed by atoms with Crippen molar-refractivity contribution in [2.45, 2.75) is 6.42 Å². The second-order valence-corrected chi connectivity index (χ2v) is 9.11. The van der Waals surface area contributed by atoms with Crippen molar-refractivity contribution in [3.63, 3.8) is 0 Å². The molecular formula is C26H27N7O2. The second-order valence-electron chi connectivity index (χ2n) is 9.11. The minimum absolute atomic E-state index is 0.270. The normalized spacial score (nSPS) is 16.5. The number of amides is 1. The summed E-state index contributed by atoms with van der Waals surface area (Å²) in [6, 6.07) is 8.16. The number of rotatable bonds is 6. The number of hydrogen-bond acceptors (Lipinski definition) is 7. The summed E-state index contributed by atoms with van der Waals surface area (Å²) in [5.41, 5.74) is 2.96. The minimum atomic E-state index is -0.270. The first kappa shape index (κ1) is 22.7. The quantitative estimate of drug-likeness (QED) is 0.509. The van der Waals surface area contributed by atoms with Gasteiger partial charge in [-0.1, -0.05) is 0 Å². The summed E-state index contributed by atoms with van der Waals surface area (Å²) >= 11 is 0. The molecule has 35 heavy (non-hydrogen) atoms. The highest BCUT2D eigenvalue weighted by atomic mass is 16.5. The Morgan fingerprint density at radius 3 is 2.69 bits per heavy atom. The number of pyridine rings is 2.